The van der Waals surface area contributed by atoms with E-state index in [9.17, 15) is 13.2 Å². The summed E-state index contributed by atoms with van der Waals surface area (Å²) in [5, 5.41) is 2.29. The van der Waals surface area contributed by atoms with Crippen molar-refractivity contribution in [1.82, 2.24) is 14.1 Å². The number of halogens is 1. The van der Waals surface area contributed by atoms with Crippen molar-refractivity contribution >= 4 is 38.3 Å². The number of likely N-dealkylation sites (tertiary alicyclic amines) is 2. The highest BCUT2D eigenvalue weighted by molar-refractivity contribution is 7.89. The number of nitrogens with zero attached hydrogens (tertiary/aromatic N) is 3. The molecule has 6 nitrogen and oxygen atoms in total. The number of benzene rings is 2. The molecular formula is C24H32ClN3O3S. The van der Waals surface area contributed by atoms with Gasteiger partial charge in [0.25, 0.3) is 0 Å². The van der Waals surface area contributed by atoms with Crippen LogP contribution in [0.25, 0.3) is 10.8 Å². The molecule has 1 amide bonds. The van der Waals surface area contributed by atoms with Crippen molar-refractivity contribution in [1.29, 1.82) is 0 Å². The second kappa shape index (κ2) is 9.29. The zero-order valence-electron chi connectivity index (χ0n) is 19.0. The number of hydrogen-bond acceptors (Lipinski definition) is 4. The van der Waals surface area contributed by atoms with E-state index in [2.05, 4.69) is 18.7 Å². The van der Waals surface area contributed by atoms with E-state index in [4.69, 9.17) is 11.6 Å². The second-order valence-corrected chi connectivity index (χ2v) is 11.7. The molecule has 2 aliphatic heterocycles. The molecule has 174 valence electrons. The van der Waals surface area contributed by atoms with Crippen LogP contribution in [0.1, 0.15) is 39.5 Å². The summed E-state index contributed by atoms with van der Waals surface area (Å²) in [5.41, 5.74) is 0. The maximum Gasteiger partial charge on any atom is 0.243 e. The molecule has 2 fully saturated rings. The number of likely N-dealkylation sites (N-methyl/N-ethyl adjacent to an activating group) is 1. The standard InChI is InChI=1S/C24H32ClN3O3S/c1-17(2)27-13-10-21(11-14-27)28-12-4-5-23(24(28)29)26(3)32(30,31)22-9-7-18-15-20(25)8-6-19(18)16-22/h6-9,15-17,21,23H,4-5,10-14H2,1-3H3. The summed E-state index contributed by atoms with van der Waals surface area (Å²) in [6, 6.07) is 10.4. The third-order valence-corrected chi connectivity index (χ3v) is 9.10. The number of sulfonamides is 1. The molecule has 1 atom stereocenters. The minimum Gasteiger partial charge on any atom is -0.338 e. The van der Waals surface area contributed by atoms with E-state index < -0.39 is 16.1 Å². The van der Waals surface area contributed by atoms with Crippen LogP contribution in [0, 0.1) is 0 Å². The van der Waals surface area contributed by atoms with Gasteiger partial charge in [0.1, 0.15) is 6.04 Å². The first-order valence-electron chi connectivity index (χ1n) is 11.4. The summed E-state index contributed by atoms with van der Waals surface area (Å²) in [5.74, 6) is -0.0575. The van der Waals surface area contributed by atoms with Crippen LogP contribution in [0.4, 0.5) is 0 Å². The quantitative estimate of drug-likeness (QED) is 0.653. The highest BCUT2D eigenvalue weighted by Gasteiger charge is 2.40. The molecule has 0 aromatic heterocycles. The minimum absolute atomic E-state index is 0.0575. The topological polar surface area (TPSA) is 60.9 Å². The van der Waals surface area contributed by atoms with E-state index in [1.807, 2.05) is 17.0 Å². The highest BCUT2D eigenvalue weighted by Crippen LogP contribution is 2.29. The SMILES string of the molecule is CC(C)N1CCC(N2CCCC(N(C)S(=O)(=O)c3ccc4cc(Cl)ccc4c3)C2=O)CC1. The van der Waals surface area contributed by atoms with E-state index in [0.717, 1.165) is 43.1 Å². The van der Waals surface area contributed by atoms with Crippen LogP contribution in [0.2, 0.25) is 5.02 Å². The van der Waals surface area contributed by atoms with Gasteiger partial charge in [0.05, 0.1) is 4.90 Å². The Morgan fingerprint density at radius 1 is 1.00 bits per heavy atom. The van der Waals surface area contributed by atoms with Crippen LogP contribution < -0.4 is 0 Å². The monoisotopic (exact) mass is 477 g/mol. The van der Waals surface area contributed by atoms with Crippen LogP contribution in [-0.2, 0) is 14.8 Å². The fourth-order valence-electron chi connectivity index (χ4n) is 4.98. The van der Waals surface area contributed by atoms with Gasteiger partial charge in [-0.05, 0) is 74.6 Å². The smallest absolute Gasteiger partial charge is 0.243 e. The van der Waals surface area contributed by atoms with Crippen molar-refractivity contribution < 1.29 is 13.2 Å². The lowest BCUT2D eigenvalue weighted by Crippen LogP contribution is -2.57. The predicted molar refractivity (Wildman–Crippen MR) is 128 cm³/mol. The predicted octanol–water partition coefficient (Wildman–Crippen LogP) is 3.98. The van der Waals surface area contributed by atoms with Gasteiger partial charge < -0.3 is 9.80 Å². The van der Waals surface area contributed by atoms with Gasteiger partial charge in [-0.2, -0.15) is 4.31 Å². The van der Waals surface area contributed by atoms with Crippen molar-refractivity contribution in [2.24, 2.45) is 0 Å². The average Bonchev–Trinajstić information content (AvgIpc) is 2.78. The Kier molecular flexibility index (Phi) is 6.82. The van der Waals surface area contributed by atoms with Crippen LogP contribution in [-0.4, -0.2) is 73.2 Å². The third kappa shape index (κ3) is 4.53. The van der Waals surface area contributed by atoms with Crippen LogP contribution in [0.15, 0.2) is 41.3 Å². The first-order valence-corrected chi connectivity index (χ1v) is 13.2. The summed E-state index contributed by atoms with van der Waals surface area (Å²) < 4.78 is 28.1. The van der Waals surface area contributed by atoms with Gasteiger partial charge in [-0.15, -0.1) is 0 Å². The molecule has 1 unspecified atom stereocenters. The molecule has 0 bridgehead atoms. The molecule has 0 spiro atoms. The van der Waals surface area contributed by atoms with Crippen molar-refractivity contribution in [3.63, 3.8) is 0 Å². The molecule has 4 rings (SSSR count). The fraction of sp³-hybridized carbons (Fsp3) is 0.542. The van der Waals surface area contributed by atoms with Crippen molar-refractivity contribution in [2.45, 2.75) is 62.6 Å². The second-order valence-electron chi connectivity index (χ2n) is 9.23. The first kappa shape index (κ1) is 23.5. The number of hydrogen-bond donors (Lipinski definition) is 0. The molecule has 0 radical (unpaired) electrons. The Hall–Kier alpha value is -1.67. The van der Waals surface area contributed by atoms with Gasteiger partial charge in [-0.25, -0.2) is 8.42 Å². The van der Waals surface area contributed by atoms with E-state index in [1.54, 1.807) is 24.3 Å². The van der Waals surface area contributed by atoms with Crippen LogP contribution >= 0.6 is 11.6 Å². The number of piperidine rings is 2. The summed E-state index contributed by atoms with van der Waals surface area (Å²) in [6.07, 6.45) is 3.26. The molecule has 2 heterocycles. The molecule has 2 aromatic rings. The Labute approximate surface area is 196 Å². The van der Waals surface area contributed by atoms with Gasteiger partial charge in [0.15, 0.2) is 0 Å². The molecule has 0 N–H and O–H groups in total. The van der Waals surface area contributed by atoms with E-state index in [1.165, 1.54) is 11.4 Å². The molecule has 2 aliphatic rings. The Balaban J connectivity index is 1.52. The lowest BCUT2D eigenvalue weighted by Gasteiger charge is -2.44. The zero-order valence-corrected chi connectivity index (χ0v) is 20.6. The number of carbonyl (C=O) groups is 1. The van der Waals surface area contributed by atoms with Crippen molar-refractivity contribution in [3.05, 3.63) is 41.4 Å². The van der Waals surface area contributed by atoms with Crippen molar-refractivity contribution in [2.75, 3.05) is 26.7 Å². The van der Waals surface area contributed by atoms with E-state index in [0.29, 0.717) is 24.0 Å². The Bertz CT molecular complexity index is 1100. The summed E-state index contributed by atoms with van der Waals surface area (Å²) in [4.78, 5) is 18.0. The van der Waals surface area contributed by atoms with Gasteiger partial charge in [-0.1, -0.05) is 23.7 Å². The molecular weight excluding hydrogens is 446 g/mol. The fourth-order valence-corrected chi connectivity index (χ4v) is 6.54. The molecule has 32 heavy (non-hydrogen) atoms. The lowest BCUT2D eigenvalue weighted by molar-refractivity contribution is -0.141. The third-order valence-electron chi connectivity index (χ3n) is 7.00. The average molecular weight is 478 g/mol. The summed E-state index contributed by atoms with van der Waals surface area (Å²) in [6.45, 7) is 7.07. The number of rotatable bonds is 5. The maximum atomic E-state index is 13.4. The van der Waals surface area contributed by atoms with Crippen molar-refractivity contribution in [3.8, 4) is 0 Å². The zero-order chi connectivity index (χ0) is 23.0. The number of carbonyl (C=O) groups excluding carboxylic acids is 1. The van der Waals surface area contributed by atoms with Gasteiger partial charge >= 0.3 is 0 Å². The Morgan fingerprint density at radius 3 is 2.34 bits per heavy atom. The van der Waals surface area contributed by atoms with E-state index >= 15 is 0 Å². The Morgan fingerprint density at radius 2 is 1.66 bits per heavy atom. The normalized spacial score (nSPS) is 21.8. The highest BCUT2D eigenvalue weighted by atomic mass is 35.5. The van der Waals surface area contributed by atoms with Crippen LogP contribution in [0.3, 0.4) is 0 Å². The van der Waals surface area contributed by atoms with Gasteiger partial charge in [0, 0.05) is 43.8 Å². The lowest BCUT2D eigenvalue weighted by atomic mass is 9.97. The summed E-state index contributed by atoms with van der Waals surface area (Å²) in [7, 11) is -2.27. The maximum absolute atomic E-state index is 13.4. The molecule has 0 saturated carbocycles. The molecule has 2 saturated heterocycles. The molecule has 8 heteroatoms. The van der Waals surface area contributed by atoms with Crippen LogP contribution in [0.5, 0.6) is 0 Å². The molecule has 0 aliphatic carbocycles. The largest absolute Gasteiger partial charge is 0.338 e. The van der Waals surface area contributed by atoms with Gasteiger partial charge in [-0.3, -0.25) is 4.79 Å². The number of amides is 1. The number of fused-ring (bicyclic) bond motifs is 1. The molecule has 2 aromatic carbocycles. The summed E-state index contributed by atoms with van der Waals surface area (Å²) >= 11 is 6.05. The van der Waals surface area contributed by atoms with E-state index in [-0.39, 0.29) is 16.8 Å². The minimum atomic E-state index is -3.80. The van der Waals surface area contributed by atoms with Gasteiger partial charge in [0.2, 0.25) is 15.9 Å². The first-order chi connectivity index (χ1) is 15.2.